The predicted octanol–water partition coefficient (Wildman–Crippen LogP) is 1.22. The SMILES string of the molecule is Cl.O=C(NCCc1ccc(S(=O)(=O)N2CCCCC2)s1)C1CNC1. The number of rotatable bonds is 6. The Morgan fingerprint density at radius 1 is 1.25 bits per heavy atom. The Morgan fingerprint density at radius 3 is 2.58 bits per heavy atom. The summed E-state index contributed by atoms with van der Waals surface area (Å²) < 4.78 is 27.2. The van der Waals surface area contributed by atoms with Crippen molar-refractivity contribution >= 4 is 39.7 Å². The average molecular weight is 394 g/mol. The lowest BCUT2D eigenvalue weighted by Gasteiger charge is -2.25. The van der Waals surface area contributed by atoms with E-state index in [0.29, 0.717) is 30.3 Å². The molecule has 2 fully saturated rings. The first-order valence-corrected chi connectivity index (χ1v) is 10.4. The van der Waals surface area contributed by atoms with E-state index in [-0.39, 0.29) is 24.2 Å². The van der Waals surface area contributed by atoms with Gasteiger partial charge in [-0.15, -0.1) is 23.7 Å². The molecular weight excluding hydrogens is 370 g/mol. The molecule has 2 N–H and O–H groups in total. The van der Waals surface area contributed by atoms with Crippen molar-refractivity contribution in [1.29, 1.82) is 0 Å². The highest BCUT2D eigenvalue weighted by Gasteiger charge is 2.27. The molecule has 0 aliphatic carbocycles. The molecule has 0 radical (unpaired) electrons. The summed E-state index contributed by atoms with van der Waals surface area (Å²) in [6.07, 6.45) is 3.67. The van der Waals surface area contributed by atoms with Crippen LogP contribution in [0.5, 0.6) is 0 Å². The van der Waals surface area contributed by atoms with E-state index in [2.05, 4.69) is 10.6 Å². The van der Waals surface area contributed by atoms with Crippen molar-refractivity contribution in [2.24, 2.45) is 5.92 Å². The summed E-state index contributed by atoms with van der Waals surface area (Å²) in [6.45, 7) is 3.31. The van der Waals surface area contributed by atoms with Crippen molar-refractivity contribution in [2.75, 3.05) is 32.7 Å². The third-order valence-electron chi connectivity index (χ3n) is 4.37. The Hall–Kier alpha value is -0.670. The number of amides is 1. The highest BCUT2D eigenvalue weighted by atomic mass is 35.5. The molecule has 9 heteroatoms. The molecular formula is C15H24ClN3O3S2. The highest BCUT2D eigenvalue weighted by Crippen LogP contribution is 2.27. The number of sulfonamides is 1. The number of hydrogen-bond acceptors (Lipinski definition) is 5. The Morgan fingerprint density at radius 2 is 1.96 bits per heavy atom. The second-order valence-corrected chi connectivity index (χ2v) is 9.41. The monoisotopic (exact) mass is 393 g/mol. The number of carbonyl (C=O) groups is 1. The van der Waals surface area contributed by atoms with Crippen LogP contribution < -0.4 is 10.6 Å². The van der Waals surface area contributed by atoms with E-state index in [1.165, 1.54) is 11.3 Å². The van der Waals surface area contributed by atoms with Crippen LogP contribution in [-0.4, -0.2) is 51.4 Å². The zero-order chi connectivity index (χ0) is 16.3. The minimum atomic E-state index is -3.33. The van der Waals surface area contributed by atoms with Gasteiger partial charge in [-0.3, -0.25) is 4.79 Å². The van der Waals surface area contributed by atoms with Gasteiger partial charge < -0.3 is 10.6 Å². The predicted molar refractivity (Wildman–Crippen MR) is 97.3 cm³/mol. The number of nitrogens with one attached hydrogen (secondary N) is 2. The molecule has 24 heavy (non-hydrogen) atoms. The molecule has 2 saturated heterocycles. The molecule has 6 nitrogen and oxygen atoms in total. The first-order valence-electron chi connectivity index (χ1n) is 8.14. The maximum absolute atomic E-state index is 12.6. The molecule has 1 aromatic heterocycles. The number of halogens is 1. The molecule has 0 aromatic carbocycles. The number of thiophene rings is 1. The lowest BCUT2D eigenvalue weighted by Crippen LogP contribution is -2.51. The van der Waals surface area contributed by atoms with Crippen molar-refractivity contribution in [1.82, 2.24) is 14.9 Å². The van der Waals surface area contributed by atoms with Gasteiger partial charge in [-0.1, -0.05) is 6.42 Å². The molecule has 0 spiro atoms. The van der Waals surface area contributed by atoms with Gasteiger partial charge in [-0.05, 0) is 31.4 Å². The number of nitrogens with zero attached hydrogens (tertiary/aromatic N) is 1. The van der Waals surface area contributed by atoms with E-state index in [1.807, 2.05) is 6.07 Å². The molecule has 1 amide bonds. The number of hydrogen-bond donors (Lipinski definition) is 2. The molecule has 3 rings (SSSR count). The Balaban J connectivity index is 0.00000208. The van der Waals surface area contributed by atoms with Gasteiger partial charge in [0.25, 0.3) is 10.0 Å². The first-order chi connectivity index (χ1) is 11.1. The summed E-state index contributed by atoms with van der Waals surface area (Å²) in [7, 11) is -3.33. The van der Waals surface area contributed by atoms with Gasteiger partial charge in [-0.2, -0.15) is 4.31 Å². The summed E-state index contributed by atoms with van der Waals surface area (Å²) >= 11 is 1.32. The van der Waals surface area contributed by atoms with E-state index >= 15 is 0 Å². The zero-order valence-corrected chi connectivity index (χ0v) is 15.9. The highest BCUT2D eigenvalue weighted by molar-refractivity contribution is 7.91. The van der Waals surface area contributed by atoms with Crippen LogP contribution in [0.2, 0.25) is 0 Å². The van der Waals surface area contributed by atoms with E-state index in [4.69, 9.17) is 0 Å². The van der Waals surface area contributed by atoms with Gasteiger partial charge in [0, 0.05) is 37.6 Å². The van der Waals surface area contributed by atoms with E-state index in [1.54, 1.807) is 10.4 Å². The molecule has 0 bridgehead atoms. The van der Waals surface area contributed by atoms with Crippen molar-refractivity contribution < 1.29 is 13.2 Å². The number of piperidine rings is 1. The summed E-state index contributed by atoms with van der Waals surface area (Å²) in [5.41, 5.74) is 0. The molecule has 0 saturated carbocycles. The Bertz CT molecular complexity index is 653. The molecule has 0 atom stereocenters. The molecule has 2 aliphatic rings. The summed E-state index contributed by atoms with van der Waals surface area (Å²) in [6, 6.07) is 3.56. The van der Waals surface area contributed by atoms with Crippen LogP contribution in [0.15, 0.2) is 16.3 Å². The quantitative estimate of drug-likeness (QED) is 0.761. The van der Waals surface area contributed by atoms with E-state index in [0.717, 1.165) is 37.2 Å². The largest absolute Gasteiger partial charge is 0.355 e. The maximum Gasteiger partial charge on any atom is 0.252 e. The van der Waals surface area contributed by atoms with Crippen LogP contribution in [0.1, 0.15) is 24.1 Å². The van der Waals surface area contributed by atoms with Crippen molar-refractivity contribution in [3.8, 4) is 0 Å². The second-order valence-electron chi connectivity index (χ2n) is 6.08. The summed E-state index contributed by atoms with van der Waals surface area (Å²) in [5.74, 6) is 0.176. The van der Waals surface area contributed by atoms with Crippen molar-refractivity contribution in [3.05, 3.63) is 17.0 Å². The molecule has 1 aromatic rings. The molecule has 136 valence electrons. The van der Waals surface area contributed by atoms with Crippen LogP contribution in [0, 0.1) is 5.92 Å². The van der Waals surface area contributed by atoms with Gasteiger partial charge in [-0.25, -0.2) is 8.42 Å². The Kier molecular flexibility index (Phi) is 7.06. The van der Waals surface area contributed by atoms with E-state index in [9.17, 15) is 13.2 Å². The fourth-order valence-electron chi connectivity index (χ4n) is 2.79. The van der Waals surface area contributed by atoms with Crippen molar-refractivity contribution in [2.45, 2.75) is 29.9 Å². The third-order valence-corrected chi connectivity index (χ3v) is 7.88. The van der Waals surface area contributed by atoms with Gasteiger partial charge in [0.1, 0.15) is 4.21 Å². The third kappa shape index (κ3) is 4.49. The number of carbonyl (C=O) groups excluding carboxylic acids is 1. The van der Waals surface area contributed by atoms with Crippen molar-refractivity contribution in [3.63, 3.8) is 0 Å². The van der Waals surface area contributed by atoms with Gasteiger partial charge >= 0.3 is 0 Å². The average Bonchev–Trinajstić information content (AvgIpc) is 2.96. The van der Waals surface area contributed by atoms with Gasteiger partial charge in [0.2, 0.25) is 5.91 Å². The van der Waals surface area contributed by atoms with Crippen LogP contribution in [-0.2, 0) is 21.2 Å². The first kappa shape index (κ1) is 19.7. The van der Waals surface area contributed by atoms with Gasteiger partial charge in [0.15, 0.2) is 0 Å². The minimum Gasteiger partial charge on any atom is -0.355 e. The van der Waals surface area contributed by atoms with E-state index < -0.39 is 10.0 Å². The maximum atomic E-state index is 12.6. The molecule has 2 aliphatic heterocycles. The Labute approximate surface area is 153 Å². The standard InChI is InChI=1S/C15H23N3O3S2.ClH/c19-15(12-10-16-11-12)17-7-6-13-4-5-14(22-13)23(20,21)18-8-2-1-3-9-18;/h4-5,12,16H,1-3,6-11H2,(H,17,19);1H. The van der Waals surface area contributed by atoms with Crippen LogP contribution in [0.3, 0.4) is 0 Å². The van der Waals surface area contributed by atoms with Gasteiger partial charge in [0.05, 0.1) is 5.92 Å². The normalized spacial score (nSPS) is 19.3. The molecule has 3 heterocycles. The molecule has 0 unspecified atom stereocenters. The lowest BCUT2D eigenvalue weighted by atomic mass is 10.0. The smallest absolute Gasteiger partial charge is 0.252 e. The van der Waals surface area contributed by atoms with Crippen LogP contribution >= 0.6 is 23.7 Å². The summed E-state index contributed by atoms with van der Waals surface area (Å²) in [4.78, 5) is 12.7. The topological polar surface area (TPSA) is 78.5 Å². The zero-order valence-electron chi connectivity index (χ0n) is 13.5. The summed E-state index contributed by atoms with van der Waals surface area (Å²) in [5, 5.41) is 5.98. The minimum absolute atomic E-state index is 0. The fourth-order valence-corrected chi connectivity index (χ4v) is 5.82. The fraction of sp³-hybridized carbons (Fsp3) is 0.667. The van der Waals surface area contributed by atoms with Crippen LogP contribution in [0.25, 0.3) is 0 Å². The van der Waals surface area contributed by atoms with Crippen LogP contribution in [0.4, 0.5) is 0 Å². The second kappa shape index (κ2) is 8.62. The lowest BCUT2D eigenvalue weighted by molar-refractivity contribution is -0.126.